The van der Waals surface area contributed by atoms with E-state index in [1.807, 2.05) is 0 Å². The third kappa shape index (κ3) is 11.0. The van der Waals surface area contributed by atoms with E-state index in [0.717, 1.165) is 19.3 Å². The first kappa shape index (κ1) is 25.9. The number of nitrogens with zero attached hydrogens (tertiary/aromatic N) is 1. The molecule has 0 aromatic carbocycles. The van der Waals surface area contributed by atoms with E-state index in [9.17, 15) is 9.59 Å². The standard InChI is InChI=1S/C26H47NO2/c1-4-6-8-10-12-14-16-18-20-24(27-25(28)21-22-26(27)29)23(3)19-17-15-13-11-9-7-5-2/h19,24H,4-18,20-22H2,1-3H3. The van der Waals surface area contributed by atoms with Gasteiger partial charge >= 0.3 is 0 Å². The second-order valence-corrected chi connectivity index (χ2v) is 8.94. The Labute approximate surface area is 180 Å². The molecule has 1 atom stereocenters. The van der Waals surface area contributed by atoms with E-state index >= 15 is 0 Å². The van der Waals surface area contributed by atoms with Gasteiger partial charge in [-0.25, -0.2) is 0 Å². The zero-order chi connectivity index (χ0) is 21.3. The molecule has 1 aliphatic rings. The van der Waals surface area contributed by atoms with Crippen LogP contribution in [0.2, 0.25) is 0 Å². The molecule has 29 heavy (non-hydrogen) atoms. The highest BCUT2D eigenvalue weighted by Gasteiger charge is 2.35. The summed E-state index contributed by atoms with van der Waals surface area (Å²) < 4.78 is 0. The number of carbonyl (C=O) groups excluding carboxylic acids is 2. The van der Waals surface area contributed by atoms with Gasteiger partial charge < -0.3 is 0 Å². The molecule has 1 fully saturated rings. The van der Waals surface area contributed by atoms with Crippen molar-refractivity contribution in [2.45, 2.75) is 142 Å². The van der Waals surface area contributed by atoms with Gasteiger partial charge in [-0.3, -0.25) is 14.5 Å². The second-order valence-electron chi connectivity index (χ2n) is 8.94. The number of rotatable bonds is 18. The van der Waals surface area contributed by atoms with E-state index in [2.05, 4.69) is 26.8 Å². The molecule has 1 heterocycles. The van der Waals surface area contributed by atoms with Crippen molar-refractivity contribution >= 4 is 11.8 Å². The SMILES string of the molecule is CCCCCCCCC=C(C)C(CCCCCCCCCC)N1C(=O)CCC1=O. The fourth-order valence-electron chi connectivity index (χ4n) is 4.36. The van der Waals surface area contributed by atoms with Crippen LogP contribution in [0.1, 0.15) is 136 Å². The van der Waals surface area contributed by atoms with Crippen molar-refractivity contribution in [3.8, 4) is 0 Å². The Hall–Kier alpha value is -1.12. The summed E-state index contributed by atoms with van der Waals surface area (Å²) in [6.45, 7) is 6.63. The zero-order valence-corrected chi connectivity index (χ0v) is 19.6. The van der Waals surface area contributed by atoms with E-state index < -0.39 is 0 Å². The van der Waals surface area contributed by atoms with Crippen molar-refractivity contribution in [1.29, 1.82) is 0 Å². The Balaban J connectivity index is 2.44. The Morgan fingerprint density at radius 1 is 0.759 bits per heavy atom. The maximum atomic E-state index is 12.3. The minimum atomic E-state index is -0.00215. The normalized spacial score (nSPS) is 16.1. The third-order valence-corrected chi connectivity index (χ3v) is 6.28. The van der Waals surface area contributed by atoms with Gasteiger partial charge in [0.05, 0.1) is 6.04 Å². The Bertz CT molecular complexity index is 467. The molecule has 168 valence electrons. The van der Waals surface area contributed by atoms with Crippen molar-refractivity contribution in [2.75, 3.05) is 0 Å². The Morgan fingerprint density at radius 2 is 1.21 bits per heavy atom. The van der Waals surface area contributed by atoms with Gasteiger partial charge in [0.25, 0.3) is 0 Å². The van der Waals surface area contributed by atoms with E-state index in [0.29, 0.717) is 12.8 Å². The van der Waals surface area contributed by atoms with Gasteiger partial charge in [-0.1, -0.05) is 109 Å². The summed E-state index contributed by atoms with van der Waals surface area (Å²) in [6, 6.07) is -0.00215. The topological polar surface area (TPSA) is 37.4 Å². The van der Waals surface area contributed by atoms with Crippen LogP contribution in [0, 0.1) is 0 Å². The molecule has 1 unspecified atom stereocenters. The number of imide groups is 1. The molecule has 0 aromatic rings. The van der Waals surface area contributed by atoms with Crippen LogP contribution in [-0.4, -0.2) is 22.8 Å². The molecule has 1 rings (SSSR count). The maximum absolute atomic E-state index is 12.3. The van der Waals surface area contributed by atoms with Crippen LogP contribution >= 0.6 is 0 Å². The lowest BCUT2D eigenvalue weighted by Crippen LogP contribution is -2.40. The highest BCUT2D eigenvalue weighted by atomic mass is 16.2. The quantitative estimate of drug-likeness (QED) is 0.133. The van der Waals surface area contributed by atoms with Crippen LogP contribution in [0.25, 0.3) is 0 Å². The predicted molar refractivity (Wildman–Crippen MR) is 124 cm³/mol. The highest BCUT2D eigenvalue weighted by Crippen LogP contribution is 2.25. The lowest BCUT2D eigenvalue weighted by atomic mass is 9.97. The Morgan fingerprint density at radius 3 is 1.72 bits per heavy atom. The molecule has 2 amide bonds. The molecule has 3 nitrogen and oxygen atoms in total. The smallest absolute Gasteiger partial charge is 0.230 e. The molecule has 0 spiro atoms. The van der Waals surface area contributed by atoms with E-state index in [1.54, 1.807) is 4.90 Å². The second kappa shape index (κ2) is 16.7. The van der Waals surface area contributed by atoms with Gasteiger partial charge in [0.2, 0.25) is 11.8 Å². The molecular formula is C26H47NO2. The molecule has 0 aliphatic carbocycles. The highest BCUT2D eigenvalue weighted by molar-refractivity contribution is 6.02. The molecule has 0 saturated carbocycles. The first-order valence-corrected chi connectivity index (χ1v) is 12.6. The molecule has 1 aliphatic heterocycles. The van der Waals surface area contributed by atoms with Crippen LogP contribution < -0.4 is 0 Å². The van der Waals surface area contributed by atoms with E-state index in [4.69, 9.17) is 0 Å². The van der Waals surface area contributed by atoms with Crippen molar-refractivity contribution in [3.05, 3.63) is 11.6 Å². The lowest BCUT2D eigenvalue weighted by Gasteiger charge is -2.27. The number of allylic oxidation sites excluding steroid dienone is 1. The molecule has 0 N–H and O–H groups in total. The van der Waals surface area contributed by atoms with Crippen molar-refractivity contribution < 1.29 is 9.59 Å². The number of unbranched alkanes of at least 4 members (excludes halogenated alkanes) is 13. The number of hydrogen-bond acceptors (Lipinski definition) is 2. The molecule has 1 saturated heterocycles. The van der Waals surface area contributed by atoms with Crippen LogP contribution in [0.15, 0.2) is 11.6 Å². The van der Waals surface area contributed by atoms with E-state index in [1.165, 1.54) is 89.0 Å². The van der Waals surface area contributed by atoms with Gasteiger partial charge in [0.1, 0.15) is 0 Å². The van der Waals surface area contributed by atoms with Gasteiger partial charge in [0.15, 0.2) is 0 Å². The minimum Gasteiger partial charge on any atom is -0.275 e. The van der Waals surface area contributed by atoms with Crippen LogP contribution in [0.3, 0.4) is 0 Å². The fourth-order valence-corrected chi connectivity index (χ4v) is 4.36. The van der Waals surface area contributed by atoms with Gasteiger partial charge in [-0.05, 0) is 26.2 Å². The fraction of sp³-hybridized carbons (Fsp3) is 0.846. The largest absolute Gasteiger partial charge is 0.275 e. The molecular weight excluding hydrogens is 358 g/mol. The van der Waals surface area contributed by atoms with Crippen molar-refractivity contribution in [1.82, 2.24) is 4.90 Å². The Kier molecular flexibility index (Phi) is 14.9. The minimum absolute atomic E-state index is 0.00215. The van der Waals surface area contributed by atoms with Gasteiger partial charge in [-0.15, -0.1) is 0 Å². The number of hydrogen-bond donors (Lipinski definition) is 0. The number of carbonyl (C=O) groups is 2. The summed E-state index contributed by atoms with van der Waals surface area (Å²) >= 11 is 0. The van der Waals surface area contributed by atoms with Gasteiger partial charge in [-0.2, -0.15) is 0 Å². The van der Waals surface area contributed by atoms with Crippen LogP contribution in [0.4, 0.5) is 0 Å². The average molecular weight is 406 g/mol. The lowest BCUT2D eigenvalue weighted by molar-refractivity contribution is -0.140. The van der Waals surface area contributed by atoms with Crippen LogP contribution in [-0.2, 0) is 9.59 Å². The summed E-state index contributed by atoms with van der Waals surface area (Å²) in [4.78, 5) is 26.2. The summed E-state index contributed by atoms with van der Waals surface area (Å²) in [5, 5.41) is 0. The van der Waals surface area contributed by atoms with E-state index in [-0.39, 0.29) is 17.9 Å². The number of likely N-dealkylation sites (tertiary alicyclic amines) is 1. The molecule has 0 radical (unpaired) electrons. The first-order valence-electron chi connectivity index (χ1n) is 12.6. The number of amides is 2. The summed E-state index contributed by atoms with van der Waals surface area (Å²) in [7, 11) is 0. The third-order valence-electron chi connectivity index (χ3n) is 6.28. The zero-order valence-electron chi connectivity index (χ0n) is 19.6. The van der Waals surface area contributed by atoms with Crippen LogP contribution in [0.5, 0.6) is 0 Å². The monoisotopic (exact) mass is 405 g/mol. The summed E-state index contributed by atoms with van der Waals surface area (Å²) in [5.41, 5.74) is 1.23. The molecule has 0 bridgehead atoms. The summed E-state index contributed by atoms with van der Waals surface area (Å²) in [5.74, 6) is 0.0683. The molecule has 0 aromatic heterocycles. The predicted octanol–water partition coefficient (Wildman–Crippen LogP) is 7.73. The van der Waals surface area contributed by atoms with Crippen molar-refractivity contribution in [3.63, 3.8) is 0 Å². The maximum Gasteiger partial charge on any atom is 0.230 e. The summed E-state index contributed by atoms with van der Waals surface area (Å²) in [6.07, 6.45) is 23.2. The average Bonchev–Trinajstić information content (AvgIpc) is 3.04. The van der Waals surface area contributed by atoms with Crippen molar-refractivity contribution in [2.24, 2.45) is 0 Å². The van der Waals surface area contributed by atoms with Gasteiger partial charge in [0, 0.05) is 12.8 Å². The molecule has 3 heteroatoms. The first-order chi connectivity index (χ1) is 14.1.